The van der Waals surface area contributed by atoms with Crippen molar-refractivity contribution >= 4 is 0 Å². The van der Waals surface area contributed by atoms with E-state index in [0.29, 0.717) is 11.5 Å². The Kier molecular flexibility index (Phi) is 3.89. The first-order chi connectivity index (χ1) is 9.07. The second-order valence-corrected chi connectivity index (χ2v) is 7.63. The van der Waals surface area contributed by atoms with Crippen molar-refractivity contribution in [3.05, 3.63) is 0 Å². The topological polar surface area (TPSA) is 30.5 Å². The van der Waals surface area contributed by atoms with Crippen LogP contribution in [-0.2, 0) is 9.47 Å². The number of nitrogens with one attached hydrogen (secondary N) is 1. The van der Waals surface area contributed by atoms with E-state index < -0.39 is 0 Å². The molecule has 1 aliphatic carbocycles. The zero-order valence-corrected chi connectivity index (χ0v) is 12.5. The van der Waals surface area contributed by atoms with Gasteiger partial charge in [-0.15, -0.1) is 0 Å². The molecule has 19 heavy (non-hydrogen) atoms. The number of rotatable bonds is 2. The average Bonchev–Trinajstić information content (AvgIpc) is 2.80. The predicted molar refractivity (Wildman–Crippen MR) is 76.3 cm³/mol. The maximum absolute atomic E-state index is 6.01. The maximum atomic E-state index is 6.01. The van der Waals surface area contributed by atoms with Crippen molar-refractivity contribution in [2.45, 2.75) is 76.5 Å². The van der Waals surface area contributed by atoms with Gasteiger partial charge in [0.2, 0.25) is 0 Å². The van der Waals surface area contributed by atoms with Crippen LogP contribution in [0.4, 0.5) is 0 Å². The molecule has 1 spiro atoms. The van der Waals surface area contributed by atoms with E-state index >= 15 is 0 Å². The summed E-state index contributed by atoms with van der Waals surface area (Å²) < 4.78 is 11.6. The monoisotopic (exact) mass is 267 g/mol. The molecular formula is C16H29NO2. The van der Waals surface area contributed by atoms with Crippen molar-refractivity contribution in [3.8, 4) is 0 Å². The molecule has 1 N–H and O–H groups in total. The molecule has 2 unspecified atom stereocenters. The normalized spacial score (nSPS) is 39.8. The molecule has 3 aliphatic rings. The van der Waals surface area contributed by atoms with Crippen molar-refractivity contribution in [1.29, 1.82) is 0 Å². The van der Waals surface area contributed by atoms with Gasteiger partial charge in [-0.05, 0) is 43.9 Å². The highest BCUT2D eigenvalue weighted by molar-refractivity contribution is 4.94. The second kappa shape index (κ2) is 5.34. The SMILES string of the molecule is CC1(C)CCC(NC2CCOC3(CCOC3)C2)CC1. The molecule has 3 heteroatoms. The minimum absolute atomic E-state index is 0.0455. The highest BCUT2D eigenvalue weighted by Crippen LogP contribution is 2.37. The molecule has 0 aromatic rings. The quantitative estimate of drug-likeness (QED) is 0.834. The zero-order chi connectivity index (χ0) is 13.3. The van der Waals surface area contributed by atoms with E-state index in [1.807, 2.05) is 0 Å². The zero-order valence-electron chi connectivity index (χ0n) is 12.5. The van der Waals surface area contributed by atoms with Gasteiger partial charge in [-0.25, -0.2) is 0 Å². The summed E-state index contributed by atoms with van der Waals surface area (Å²) >= 11 is 0. The summed E-state index contributed by atoms with van der Waals surface area (Å²) in [5.74, 6) is 0. The van der Waals surface area contributed by atoms with E-state index in [4.69, 9.17) is 9.47 Å². The summed E-state index contributed by atoms with van der Waals surface area (Å²) in [7, 11) is 0. The van der Waals surface area contributed by atoms with Gasteiger partial charge in [0, 0.05) is 31.7 Å². The van der Waals surface area contributed by atoms with Crippen molar-refractivity contribution in [1.82, 2.24) is 5.32 Å². The Bertz CT molecular complexity index is 300. The minimum Gasteiger partial charge on any atom is -0.378 e. The molecule has 0 bridgehead atoms. The van der Waals surface area contributed by atoms with E-state index in [-0.39, 0.29) is 5.60 Å². The van der Waals surface area contributed by atoms with Crippen LogP contribution >= 0.6 is 0 Å². The summed E-state index contributed by atoms with van der Waals surface area (Å²) in [6, 6.07) is 1.37. The van der Waals surface area contributed by atoms with Crippen LogP contribution in [0.3, 0.4) is 0 Å². The molecule has 3 fully saturated rings. The molecule has 3 nitrogen and oxygen atoms in total. The molecule has 0 aromatic carbocycles. The summed E-state index contributed by atoms with van der Waals surface area (Å²) in [6.45, 7) is 7.40. The highest BCUT2D eigenvalue weighted by Gasteiger charge is 2.41. The summed E-state index contributed by atoms with van der Waals surface area (Å²) in [5.41, 5.74) is 0.609. The van der Waals surface area contributed by atoms with Crippen molar-refractivity contribution in [2.75, 3.05) is 19.8 Å². The van der Waals surface area contributed by atoms with Crippen LogP contribution in [0.15, 0.2) is 0 Å². The van der Waals surface area contributed by atoms with Crippen LogP contribution in [0.1, 0.15) is 58.8 Å². The van der Waals surface area contributed by atoms with E-state index in [1.54, 1.807) is 0 Å². The number of ether oxygens (including phenoxy) is 2. The van der Waals surface area contributed by atoms with Gasteiger partial charge in [-0.1, -0.05) is 13.8 Å². The lowest BCUT2D eigenvalue weighted by atomic mass is 9.75. The molecule has 3 rings (SSSR count). The van der Waals surface area contributed by atoms with E-state index in [2.05, 4.69) is 19.2 Å². The molecule has 0 aromatic heterocycles. The van der Waals surface area contributed by atoms with Crippen molar-refractivity contribution < 1.29 is 9.47 Å². The van der Waals surface area contributed by atoms with Crippen LogP contribution in [0.2, 0.25) is 0 Å². The lowest BCUT2D eigenvalue weighted by Crippen LogP contribution is -2.51. The van der Waals surface area contributed by atoms with Crippen LogP contribution < -0.4 is 5.32 Å². The highest BCUT2D eigenvalue weighted by atomic mass is 16.6. The molecule has 2 atom stereocenters. The first-order valence-corrected chi connectivity index (χ1v) is 8.05. The number of hydrogen-bond acceptors (Lipinski definition) is 3. The third-order valence-electron chi connectivity index (χ3n) is 5.37. The third-order valence-corrected chi connectivity index (χ3v) is 5.37. The fourth-order valence-corrected chi connectivity index (χ4v) is 3.93. The Labute approximate surface area is 117 Å². The van der Waals surface area contributed by atoms with Gasteiger partial charge in [0.05, 0.1) is 12.2 Å². The Morgan fingerprint density at radius 1 is 0.947 bits per heavy atom. The van der Waals surface area contributed by atoms with E-state index in [0.717, 1.165) is 38.7 Å². The van der Waals surface area contributed by atoms with Gasteiger partial charge in [0.15, 0.2) is 0 Å². The van der Waals surface area contributed by atoms with Crippen molar-refractivity contribution in [3.63, 3.8) is 0 Å². The molecule has 2 aliphatic heterocycles. The van der Waals surface area contributed by atoms with Crippen LogP contribution in [0.25, 0.3) is 0 Å². The molecule has 110 valence electrons. The number of hydrogen-bond donors (Lipinski definition) is 1. The Morgan fingerprint density at radius 2 is 1.74 bits per heavy atom. The van der Waals surface area contributed by atoms with Crippen LogP contribution in [-0.4, -0.2) is 37.5 Å². The molecule has 0 radical (unpaired) electrons. The molecule has 1 saturated carbocycles. The van der Waals surface area contributed by atoms with Gasteiger partial charge < -0.3 is 14.8 Å². The predicted octanol–water partition coefficient (Wildman–Crippen LogP) is 2.88. The van der Waals surface area contributed by atoms with Gasteiger partial charge in [-0.3, -0.25) is 0 Å². The second-order valence-electron chi connectivity index (χ2n) is 7.63. The standard InChI is InChI=1S/C16H29NO2/c1-15(2)6-3-13(4-7-15)17-14-5-9-19-16(11-14)8-10-18-12-16/h13-14,17H,3-12H2,1-2H3. The molecule has 2 heterocycles. The summed E-state index contributed by atoms with van der Waals surface area (Å²) in [5, 5.41) is 3.91. The van der Waals surface area contributed by atoms with Crippen LogP contribution in [0.5, 0.6) is 0 Å². The van der Waals surface area contributed by atoms with Gasteiger partial charge in [0.1, 0.15) is 0 Å². The maximum Gasteiger partial charge on any atom is 0.0951 e. The summed E-state index contributed by atoms with van der Waals surface area (Å²) in [6.07, 6.45) is 8.81. The summed E-state index contributed by atoms with van der Waals surface area (Å²) in [4.78, 5) is 0. The Morgan fingerprint density at radius 3 is 2.42 bits per heavy atom. The first-order valence-electron chi connectivity index (χ1n) is 8.05. The van der Waals surface area contributed by atoms with Gasteiger partial charge in [-0.2, -0.15) is 0 Å². The Hall–Kier alpha value is -0.120. The lowest BCUT2D eigenvalue weighted by Gasteiger charge is -2.41. The van der Waals surface area contributed by atoms with Gasteiger partial charge >= 0.3 is 0 Å². The molecule has 0 amide bonds. The first kappa shape index (κ1) is 13.8. The van der Waals surface area contributed by atoms with Crippen molar-refractivity contribution in [2.24, 2.45) is 5.41 Å². The smallest absolute Gasteiger partial charge is 0.0951 e. The fraction of sp³-hybridized carbons (Fsp3) is 1.00. The fourth-order valence-electron chi connectivity index (χ4n) is 3.93. The lowest BCUT2D eigenvalue weighted by molar-refractivity contribution is -0.0909. The van der Waals surface area contributed by atoms with Crippen LogP contribution in [0, 0.1) is 5.41 Å². The van der Waals surface area contributed by atoms with Gasteiger partial charge in [0.25, 0.3) is 0 Å². The van der Waals surface area contributed by atoms with E-state index in [1.165, 1.54) is 32.1 Å². The van der Waals surface area contributed by atoms with E-state index in [9.17, 15) is 0 Å². The average molecular weight is 267 g/mol. The largest absolute Gasteiger partial charge is 0.378 e. The molecular weight excluding hydrogens is 238 g/mol. The molecule has 2 saturated heterocycles. The third kappa shape index (κ3) is 3.32. The minimum atomic E-state index is 0.0455. The Balaban J connectivity index is 1.50.